The van der Waals surface area contributed by atoms with Crippen LogP contribution in [0.4, 0.5) is 5.69 Å². The maximum absolute atomic E-state index is 10.7. The maximum atomic E-state index is 10.7. The first kappa shape index (κ1) is 14.4. The molecule has 6 nitrogen and oxygen atoms in total. The van der Waals surface area contributed by atoms with Crippen molar-refractivity contribution in [2.45, 2.75) is 13.3 Å². The summed E-state index contributed by atoms with van der Waals surface area (Å²) in [6.45, 7) is 1.86. The summed E-state index contributed by atoms with van der Waals surface area (Å²) in [4.78, 5) is 31.3. The zero-order chi connectivity index (χ0) is 14.3. The van der Waals surface area contributed by atoms with Crippen LogP contribution in [0.2, 0.25) is 0 Å². The van der Waals surface area contributed by atoms with Gasteiger partial charge in [0.25, 0.3) is 5.69 Å². The van der Waals surface area contributed by atoms with Gasteiger partial charge in [0.05, 0.1) is 10.5 Å². The van der Waals surface area contributed by atoms with E-state index < -0.39 is 4.92 Å². The average molecular weight is 260 g/mol. The number of benzene rings is 1. The van der Waals surface area contributed by atoms with E-state index in [-0.39, 0.29) is 17.2 Å². The Hall–Kier alpha value is -2.68. The Morgan fingerprint density at radius 3 is 2.84 bits per heavy atom. The molecule has 0 aromatic heterocycles. The van der Waals surface area contributed by atoms with Gasteiger partial charge in [-0.25, -0.2) is 0 Å². The lowest BCUT2D eigenvalue weighted by Gasteiger charge is -1.97. The van der Waals surface area contributed by atoms with Gasteiger partial charge in [-0.05, 0) is 12.1 Å². The lowest BCUT2D eigenvalue weighted by atomic mass is 10.1. The van der Waals surface area contributed by atoms with Crippen LogP contribution in [0, 0.1) is 22.0 Å². The number of carbonyl (C=O) groups excluding carboxylic acids is 2. The van der Waals surface area contributed by atoms with Crippen LogP contribution in [0.25, 0.3) is 0 Å². The second-order valence-corrected chi connectivity index (χ2v) is 3.68. The zero-order valence-corrected chi connectivity index (χ0v) is 10.3. The van der Waals surface area contributed by atoms with E-state index in [0.717, 1.165) is 0 Å². The molecule has 1 aromatic rings. The Kier molecular flexibility index (Phi) is 5.23. The summed E-state index contributed by atoms with van der Waals surface area (Å²) in [6, 6.07) is 4.11. The lowest BCUT2D eigenvalue weighted by Crippen LogP contribution is -2.20. The Labute approximate surface area is 110 Å². The third-order valence-electron chi connectivity index (χ3n) is 2.21. The van der Waals surface area contributed by atoms with Crippen LogP contribution in [0.5, 0.6) is 0 Å². The Morgan fingerprint density at radius 1 is 1.53 bits per heavy atom. The number of nitrogens with one attached hydrogen (secondary N) is 1. The molecule has 19 heavy (non-hydrogen) atoms. The van der Waals surface area contributed by atoms with Crippen LogP contribution >= 0.6 is 0 Å². The summed E-state index contributed by atoms with van der Waals surface area (Å²) in [5.74, 6) is 5.46. The molecule has 1 rings (SSSR count). The molecule has 0 spiro atoms. The third kappa shape index (κ3) is 4.60. The first-order valence-electron chi connectivity index (χ1n) is 5.51. The molecule has 0 heterocycles. The van der Waals surface area contributed by atoms with E-state index in [0.29, 0.717) is 24.8 Å². The van der Waals surface area contributed by atoms with Gasteiger partial charge in [-0.3, -0.25) is 19.7 Å². The number of nitro benzene ring substituents is 1. The molecule has 98 valence electrons. The molecular formula is C13H12N2O4. The number of rotatable bonds is 4. The molecule has 1 aromatic carbocycles. The van der Waals surface area contributed by atoms with Gasteiger partial charge in [-0.15, -0.1) is 0 Å². The van der Waals surface area contributed by atoms with Crippen LogP contribution in [-0.2, 0) is 4.79 Å². The highest BCUT2D eigenvalue weighted by molar-refractivity contribution is 5.82. The number of amides is 1. The standard InChI is InChI=1S/C13H12N2O4/c1-10(17)14-7-3-2-4-11-5-6-13(15(18)19)12(8-11)9-16/h5-6,8-9H,3,7H2,1H3,(H,14,17). The lowest BCUT2D eigenvalue weighted by molar-refractivity contribution is -0.385. The van der Waals surface area contributed by atoms with Gasteiger partial charge in [0.1, 0.15) is 0 Å². The first-order valence-corrected chi connectivity index (χ1v) is 5.51. The summed E-state index contributed by atoms with van der Waals surface area (Å²) < 4.78 is 0. The largest absolute Gasteiger partial charge is 0.355 e. The molecule has 1 amide bonds. The number of nitro groups is 1. The van der Waals surface area contributed by atoms with Crippen molar-refractivity contribution in [2.24, 2.45) is 0 Å². The summed E-state index contributed by atoms with van der Waals surface area (Å²) in [7, 11) is 0. The minimum Gasteiger partial charge on any atom is -0.355 e. The second-order valence-electron chi connectivity index (χ2n) is 3.68. The molecule has 0 unspecified atom stereocenters. The summed E-state index contributed by atoms with van der Waals surface area (Å²) in [5, 5.41) is 13.2. The average Bonchev–Trinajstić information content (AvgIpc) is 2.37. The number of nitrogens with zero attached hydrogens (tertiary/aromatic N) is 1. The molecule has 0 radical (unpaired) electrons. The van der Waals surface area contributed by atoms with E-state index in [2.05, 4.69) is 17.2 Å². The van der Waals surface area contributed by atoms with Crippen molar-refractivity contribution in [3.8, 4) is 11.8 Å². The zero-order valence-electron chi connectivity index (χ0n) is 10.3. The van der Waals surface area contributed by atoms with Crippen molar-refractivity contribution < 1.29 is 14.5 Å². The van der Waals surface area contributed by atoms with E-state index in [9.17, 15) is 19.7 Å². The molecule has 0 bridgehead atoms. The molecule has 0 aliphatic rings. The fraction of sp³-hybridized carbons (Fsp3) is 0.231. The monoisotopic (exact) mass is 260 g/mol. The second kappa shape index (κ2) is 6.91. The maximum Gasteiger partial charge on any atom is 0.279 e. The highest BCUT2D eigenvalue weighted by Crippen LogP contribution is 2.17. The predicted octanol–water partition coefficient (Wildman–Crippen LogP) is 1.28. The van der Waals surface area contributed by atoms with Gasteiger partial charge >= 0.3 is 0 Å². The number of hydrogen-bond donors (Lipinski definition) is 1. The van der Waals surface area contributed by atoms with E-state index >= 15 is 0 Å². The van der Waals surface area contributed by atoms with E-state index in [1.165, 1.54) is 25.1 Å². The number of aldehydes is 1. The van der Waals surface area contributed by atoms with Crippen LogP contribution in [0.3, 0.4) is 0 Å². The van der Waals surface area contributed by atoms with Crippen molar-refractivity contribution in [1.82, 2.24) is 5.32 Å². The van der Waals surface area contributed by atoms with Gasteiger partial charge in [0, 0.05) is 31.5 Å². The smallest absolute Gasteiger partial charge is 0.279 e. The number of carbonyl (C=O) groups is 2. The molecule has 0 atom stereocenters. The summed E-state index contributed by atoms with van der Waals surface area (Å²) in [6.07, 6.45) is 0.896. The quantitative estimate of drug-likeness (QED) is 0.290. The Balaban J connectivity index is 2.75. The van der Waals surface area contributed by atoms with Crippen LogP contribution in [0.1, 0.15) is 29.3 Å². The van der Waals surface area contributed by atoms with Crippen molar-refractivity contribution in [1.29, 1.82) is 0 Å². The van der Waals surface area contributed by atoms with Gasteiger partial charge in [0.15, 0.2) is 6.29 Å². The van der Waals surface area contributed by atoms with E-state index in [1.54, 1.807) is 0 Å². The predicted molar refractivity (Wildman–Crippen MR) is 68.7 cm³/mol. The van der Waals surface area contributed by atoms with Crippen molar-refractivity contribution in [2.75, 3.05) is 6.54 Å². The Morgan fingerprint density at radius 2 is 2.26 bits per heavy atom. The minimum atomic E-state index is -0.613. The van der Waals surface area contributed by atoms with Crippen molar-refractivity contribution >= 4 is 17.9 Å². The van der Waals surface area contributed by atoms with Gasteiger partial charge < -0.3 is 5.32 Å². The summed E-state index contributed by atoms with van der Waals surface area (Å²) in [5.41, 5.74) is 0.285. The minimum absolute atomic E-state index is 0.00124. The molecule has 0 saturated heterocycles. The third-order valence-corrected chi connectivity index (χ3v) is 2.21. The van der Waals surface area contributed by atoms with Crippen molar-refractivity contribution in [3.05, 3.63) is 39.4 Å². The molecular weight excluding hydrogens is 248 g/mol. The molecule has 0 saturated carbocycles. The fourth-order valence-electron chi connectivity index (χ4n) is 1.36. The topological polar surface area (TPSA) is 89.3 Å². The summed E-state index contributed by atoms with van der Waals surface area (Å²) >= 11 is 0. The van der Waals surface area contributed by atoms with Gasteiger partial charge in [-0.1, -0.05) is 11.8 Å². The highest BCUT2D eigenvalue weighted by Gasteiger charge is 2.12. The number of hydrogen-bond acceptors (Lipinski definition) is 4. The van der Waals surface area contributed by atoms with E-state index in [1.807, 2.05) is 0 Å². The molecule has 1 N–H and O–H groups in total. The van der Waals surface area contributed by atoms with Gasteiger partial charge in [0.2, 0.25) is 5.91 Å². The first-order chi connectivity index (χ1) is 9.04. The highest BCUT2D eigenvalue weighted by atomic mass is 16.6. The van der Waals surface area contributed by atoms with Crippen LogP contribution < -0.4 is 5.32 Å². The SMILES string of the molecule is CC(=O)NCCC#Cc1ccc([N+](=O)[O-])c(C=O)c1. The van der Waals surface area contributed by atoms with Gasteiger partial charge in [-0.2, -0.15) is 0 Å². The fourth-order valence-corrected chi connectivity index (χ4v) is 1.36. The Bertz CT molecular complexity index is 570. The van der Waals surface area contributed by atoms with Crippen molar-refractivity contribution in [3.63, 3.8) is 0 Å². The molecule has 0 aliphatic heterocycles. The molecule has 0 aliphatic carbocycles. The molecule has 6 heteroatoms. The normalized spacial score (nSPS) is 9.11. The molecule has 0 fully saturated rings. The van der Waals surface area contributed by atoms with Crippen LogP contribution in [-0.4, -0.2) is 23.7 Å². The van der Waals surface area contributed by atoms with E-state index in [4.69, 9.17) is 0 Å². The van der Waals surface area contributed by atoms with Crippen LogP contribution in [0.15, 0.2) is 18.2 Å².